The van der Waals surface area contributed by atoms with Crippen molar-refractivity contribution in [3.63, 3.8) is 0 Å². The van der Waals surface area contributed by atoms with Crippen LogP contribution in [0.25, 0.3) is 0 Å². The molecule has 0 rings (SSSR count). The molecule has 0 aromatic heterocycles. The smallest absolute Gasteiger partial charge is 0.0981 e. The van der Waals surface area contributed by atoms with Crippen LogP contribution in [0.3, 0.4) is 0 Å². The van der Waals surface area contributed by atoms with Crippen LogP contribution in [-0.2, 0) is 11.0 Å². The van der Waals surface area contributed by atoms with Gasteiger partial charge in [-0.05, 0) is 27.7 Å². The molecule has 0 saturated carbocycles. The quantitative estimate of drug-likeness (QED) is 0.622. The Balaban J connectivity index is 4.01. The van der Waals surface area contributed by atoms with Crippen LogP contribution in [0.2, 0.25) is 0 Å². The van der Waals surface area contributed by atoms with Crippen LogP contribution in [0.4, 0.5) is 0 Å². The average Bonchev–Trinajstić information content (AvgIpc) is 1.85. The Morgan fingerprint density at radius 1 is 1.55 bits per heavy atom. The summed E-state index contributed by atoms with van der Waals surface area (Å²) >= 11 is 0. The van der Waals surface area contributed by atoms with E-state index < -0.39 is 11.0 Å². The van der Waals surface area contributed by atoms with Crippen LogP contribution in [-0.4, -0.2) is 15.0 Å². The van der Waals surface area contributed by atoms with Gasteiger partial charge in [0.05, 0.1) is 21.8 Å². The third-order valence-electron chi connectivity index (χ3n) is 1.09. The summed E-state index contributed by atoms with van der Waals surface area (Å²) in [6.07, 6.45) is 5.12. The highest BCUT2D eigenvalue weighted by Gasteiger charge is 2.20. The molecule has 0 spiro atoms. The van der Waals surface area contributed by atoms with Crippen molar-refractivity contribution >= 4 is 11.0 Å². The second-order valence-corrected chi connectivity index (χ2v) is 5.39. The van der Waals surface area contributed by atoms with Crippen LogP contribution in [0, 0.1) is 12.3 Å². The highest BCUT2D eigenvalue weighted by atomic mass is 32.2. The summed E-state index contributed by atoms with van der Waals surface area (Å²) in [5.41, 5.74) is 0. The zero-order valence-electron chi connectivity index (χ0n) is 7.47. The van der Waals surface area contributed by atoms with Gasteiger partial charge in [0, 0.05) is 0 Å². The Kier molecular flexibility index (Phi) is 3.77. The van der Waals surface area contributed by atoms with E-state index in [1.165, 1.54) is 0 Å². The van der Waals surface area contributed by atoms with Crippen LogP contribution in [0.15, 0.2) is 0 Å². The molecule has 0 aromatic rings. The van der Waals surface area contributed by atoms with E-state index in [2.05, 4.69) is 10.6 Å². The maximum absolute atomic E-state index is 11.3. The summed E-state index contributed by atoms with van der Waals surface area (Å²) in [6.45, 7) is 7.52. The van der Waals surface area contributed by atoms with E-state index >= 15 is 0 Å². The highest BCUT2D eigenvalue weighted by Crippen LogP contribution is 2.08. The van der Waals surface area contributed by atoms with Crippen LogP contribution in [0.5, 0.6) is 0 Å². The van der Waals surface area contributed by atoms with E-state index in [0.717, 1.165) is 0 Å². The van der Waals surface area contributed by atoms with Crippen molar-refractivity contribution in [1.82, 2.24) is 4.72 Å². The standard InChI is InChI=1S/C8H15NOS/c1-6-7(2)9-11(10)8(3,4)5/h1,7,9H,2-5H3/t7-,11+/m1/s1. The predicted molar refractivity (Wildman–Crippen MR) is 49.3 cm³/mol. The molecule has 64 valence electrons. The van der Waals surface area contributed by atoms with Gasteiger partial charge in [-0.1, -0.05) is 5.92 Å². The fraction of sp³-hybridized carbons (Fsp3) is 0.750. The molecule has 0 aliphatic carbocycles. The predicted octanol–water partition coefficient (Wildman–Crippen LogP) is 1.06. The zero-order chi connectivity index (χ0) is 9.07. The maximum atomic E-state index is 11.3. The molecule has 0 aromatic carbocycles. The van der Waals surface area contributed by atoms with Gasteiger partial charge in [-0.25, -0.2) is 8.93 Å². The number of rotatable bonds is 2. The van der Waals surface area contributed by atoms with Crippen molar-refractivity contribution in [2.24, 2.45) is 0 Å². The summed E-state index contributed by atoms with van der Waals surface area (Å²) in [7, 11) is -1.06. The second-order valence-electron chi connectivity index (χ2n) is 3.39. The molecule has 3 heteroatoms. The lowest BCUT2D eigenvalue weighted by Gasteiger charge is -2.19. The molecule has 2 atom stereocenters. The van der Waals surface area contributed by atoms with E-state index in [9.17, 15) is 4.21 Å². The van der Waals surface area contributed by atoms with Crippen molar-refractivity contribution in [2.45, 2.75) is 38.5 Å². The van der Waals surface area contributed by atoms with E-state index in [-0.39, 0.29) is 10.8 Å². The summed E-state index contributed by atoms with van der Waals surface area (Å²) in [5, 5.41) is 0. The monoisotopic (exact) mass is 173 g/mol. The summed E-state index contributed by atoms with van der Waals surface area (Å²) < 4.78 is 13.9. The van der Waals surface area contributed by atoms with Crippen LogP contribution < -0.4 is 4.72 Å². The lowest BCUT2D eigenvalue weighted by molar-refractivity contribution is 0.630. The maximum Gasteiger partial charge on any atom is 0.0981 e. The second kappa shape index (κ2) is 3.89. The largest absolute Gasteiger partial charge is 0.242 e. The highest BCUT2D eigenvalue weighted by molar-refractivity contribution is 7.84. The van der Waals surface area contributed by atoms with Gasteiger partial charge in [-0.3, -0.25) is 0 Å². The SMILES string of the molecule is C#C[C@@H](C)N[S@@](=O)C(C)(C)C. The first kappa shape index (κ1) is 10.7. The van der Waals surface area contributed by atoms with Gasteiger partial charge < -0.3 is 0 Å². The Hall–Kier alpha value is -0.330. The third-order valence-corrected chi connectivity index (χ3v) is 2.77. The first-order chi connectivity index (χ1) is 4.88. The van der Waals surface area contributed by atoms with Gasteiger partial charge in [0.1, 0.15) is 0 Å². The molecule has 0 fully saturated rings. The van der Waals surface area contributed by atoms with Gasteiger partial charge in [0.25, 0.3) is 0 Å². The Labute approximate surface area is 71.4 Å². The molecule has 0 radical (unpaired) electrons. The topological polar surface area (TPSA) is 29.1 Å². The lowest BCUT2D eigenvalue weighted by Crippen LogP contribution is -2.37. The fourth-order valence-corrected chi connectivity index (χ4v) is 1.11. The molecule has 11 heavy (non-hydrogen) atoms. The van der Waals surface area contributed by atoms with Crippen molar-refractivity contribution in [2.75, 3.05) is 0 Å². The number of terminal acetylenes is 1. The summed E-state index contributed by atoms with van der Waals surface area (Å²) in [4.78, 5) is 0. The average molecular weight is 173 g/mol. The van der Waals surface area contributed by atoms with Crippen molar-refractivity contribution < 1.29 is 4.21 Å². The van der Waals surface area contributed by atoms with Gasteiger partial charge in [0.2, 0.25) is 0 Å². The summed E-state index contributed by atoms with van der Waals surface area (Å²) in [6, 6.07) is -0.130. The van der Waals surface area contributed by atoms with Crippen molar-refractivity contribution in [3.8, 4) is 12.3 Å². The number of hydrogen-bond acceptors (Lipinski definition) is 1. The van der Waals surface area contributed by atoms with Gasteiger partial charge in [-0.2, -0.15) is 0 Å². The van der Waals surface area contributed by atoms with Crippen molar-refractivity contribution in [1.29, 1.82) is 0 Å². The molecule has 1 N–H and O–H groups in total. The Bertz CT molecular complexity index is 187. The molecule has 0 saturated heterocycles. The molecule has 0 unspecified atom stereocenters. The summed E-state index contributed by atoms with van der Waals surface area (Å²) in [5.74, 6) is 2.46. The Morgan fingerprint density at radius 2 is 2.00 bits per heavy atom. The minimum absolute atomic E-state index is 0.130. The normalized spacial score (nSPS) is 17.0. The van der Waals surface area contributed by atoms with Gasteiger partial charge >= 0.3 is 0 Å². The van der Waals surface area contributed by atoms with Crippen molar-refractivity contribution in [3.05, 3.63) is 0 Å². The van der Waals surface area contributed by atoms with Gasteiger partial charge in [0.15, 0.2) is 0 Å². The molecule has 0 heterocycles. The minimum Gasteiger partial charge on any atom is -0.242 e. The van der Waals surface area contributed by atoms with E-state index in [4.69, 9.17) is 6.42 Å². The van der Waals surface area contributed by atoms with E-state index in [0.29, 0.717) is 0 Å². The first-order valence-corrected chi connectivity index (χ1v) is 4.67. The molecule has 2 nitrogen and oxygen atoms in total. The molecule has 0 aliphatic rings. The molecule has 0 amide bonds. The zero-order valence-corrected chi connectivity index (χ0v) is 8.29. The van der Waals surface area contributed by atoms with E-state index in [1.54, 1.807) is 0 Å². The number of hydrogen-bond donors (Lipinski definition) is 1. The third kappa shape index (κ3) is 4.18. The minimum atomic E-state index is -1.06. The molecule has 0 aliphatic heterocycles. The molecular formula is C8H15NOS. The number of nitrogens with one attached hydrogen (secondary N) is 1. The molecular weight excluding hydrogens is 158 g/mol. The van der Waals surface area contributed by atoms with E-state index in [1.807, 2.05) is 27.7 Å². The first-order valence-electron chi connectivity index (χ1n) is 3.52. The lowest BCUT2D eigenvalue weighted by atomic mass is 10.3. The van der Waals surface area contributed by atoms with Crippen LogP contribution in [0.1, 0.15) is 27.7 Å². The fourth-order valence-electron chi connectivity index (χ4n) is 0.371. The Morgan fingerprint density at radius 3 is 2.27 bits per heavy atom. The molecule has 0 bridgehead atoms. The van der Waals surface area contributed by atoms with Gasteiger partial charge in [-0.15, -0.1) is 6.42 Å². The van der Waals surface area contributed by atoms with Crippen LogP contribution >= 0.6 is 0 Å².